The van der Waals surface area contributed by atoms with E-state index in [-0.39, 0.29) is 18.1 Å². The van der Waals surface area contributed by atoms with Gasteiger partial charge in [0.1, 0.15) is 11.9 Å². The Bertz CT molecular complexity index is 641. The fraction of sp³-hybridized carbons (Fsp3) is 0.611. The Morgan fingerprint density at radius 3 is 2.60 bits per heavy atom. The summed E-state index contributed by atoms with van der Waals surface area (Å²) in [4.78, 5) is 23.1. The van der Waals surface area contributed by atoms with Crippen molar-refractivity contribution in [2.45, 2.75) is 26.1 Å². The largest absolute Gasteiger partial charge is 0.372 e. The molecule has 2 saturated heterocycles. The lowest BCUT2D eigenvalue weighted by atomic mass is 10.2. The van der Waals surface area contributed by atoms with E-state index < -0.39 is 0 Å². The third kappa shape index (κ3) is 4.27. The van der Waals surface area contributed by atoms with Gasteiger partial charge in [-0.05, 0) is 26.0 Å². The number of nitrogens with zero attached hydrogens (tertiary/aromatic N) is 5. The quantitative estimate of drug-likeness (QED) is 0.805. The number of ether oxygens (including phenoxy) is 1. The van der Waals surface area contributed by atoms with Crippen molar-refractivity contribution in [3.63, 3.8) is 0 Å². The molecule has 1 aromatic heterocycles. The van der Waals surface area contributed by atoms with Crippen molar-refractivity contribution in [2.24, 2.45) is 0 Å². The highest BCUT2D eigenvalue weighted by Gasteiger charge is 2.28. The molecule has 2 aliphatic heterocycles. The van der Waals surface area contributed by atoms with E-state index in [1.807, 2.05) is 18.7 Å². The van der Waals surface area contributed by atoms with Crippen molar-refractivity contribution in [2.75, 3.05) is 50.7 Å². The summed E-state index contributed by atoms with van der Waals surface area (Å²) in [6.07, 6.45) is 1.91. The van der Waals surface area contributed by atoms with E-state index in [2.05, 4.69) is 20.9 Å². The monoisotopic (exact) mass is 343 g/mol. The van der Waals surface area contributed by atoms with Crippen LogP contribution >= 0.6 is 0 Å². The van der Waals surface area contributed by atoms with Gasteiger partial charge < -0.3 is 14.5 Å². The lowest BCUT2D eigenvalue weighted by Gasteiger charge is -2.38. The maximum absolute atomic E-state index is 12.6. The van der Waals surface area contributed by atoms with E-state index in [4.69, 9.17) is 4.74 Å². The number of rotatable bonds is 3. The zero-order chi connectivity index (χ0) is 17.8. The summed E-state index contributed by atoms with van der Waals surface area (Å²) in [6.45, 7) is 8.93. The smallest absolute Gasteiger partial charge is 0.236 e. The van der Waals surface area contributed by atoms with E-state index in [0.717, 1.165) is 32.0 Å². The Morgan fingerprint density at radius 1 is 1.28 bits per heavy atom. The second-order valence-electron chi connectivity index (χ2n) is 6.81. The zero-order valence-corrected chi connectivity index (χ0v) is 14.9. The van der Waals surface area contributed by atoms with Crippen LogP contribution in [-0.2, 0) is 9.53 Å². The molecular formula is C18H25N5O2. The summed E-state index contributed by atoms with van der Waals surface area (Å²) in [5.41, 5.74) is 0.600. The van der Waals surface area contributed by atoms with E-state index >= 15 is 0 Å². The number of morpholine rings is 1. The first-order chi connectivity index (χ1) is 12.1. The van der Waals surface area contributed by atoms with Crippen molar-refractivity contribution < 1.29 is 9.53 Å². The number of carbonyl (C=O) groups is 1. The van der Waals surface area contributed by atoms with Gasteiger partial charge in [-0.25, -0.2) is 4.98 Å². The van der Waals surface area contributed by atoms with Crippen molar-refractivity contribution >= 4 is 11.7 Å². The minimum atomic E-state index is 0.0955. The van der Waals surface area contributed by atoms with Crippen molar-refractivity contribution in [3.8, 4) is 6.07 Å². The summed E-state index contributed by atoms with van der Waals surface area (Å²) in [5, 5.41) is 9.22. The molecule has 25 heavy (non-hydrogen) atoms. The topological polar surface area (TPSA) is 72.7 Å². The number of nitriles is 1. The molecule has 2 unspecified atom stereocenters. The van der Waals surface area contributed by atoms with Crippen molar-refractivity contribution in [3.05, 3.63) is 23.9 Å². The number of hydrogen-bond donors (Lipinski definition) is 0. The van der Waals surface area contributed by atoms with Gasteiger partial charge in [-0.15, -0.1) is 0 Å². The lowest BCUT2D eigenvalue weighted by molar-refractivity contribution is -0.144. The molecule has 2 aliphatic rings. The van der Waals surface area contributed by atoms with Gasteiger partial charge in [0.25, 0.3) is 0 Å². The fourth-order valence-electron chi connectivity index (χ4n) is 3.53. The Morgan fingerprint density at radius 2 is 1.96 bits per heavy atom. The molecule has 3 rings (SSSR count). The first kappa shape index (κ1) is 17.6. The normalized spacial score (nSPS) is 24.8. The SMILES string of the molecule is CC1CN(C(=O)CN2CCN(c3ncccc3C#N)CC2)CC(C)O1. The molecule has 3 heterocycles. The number of hydrogen-bond acceptors (Lipinski definition) is 6. The van der Waals surface area contributed by atoms with Gasteiger partial charge in [-0.2, -0.15) is 5.26 Å². The van der Waals surface area contributed by atoms with Crippen LogP contribution < -0.4 is 4.90 Å². The summed E-state index contributed by atoms with van der Waals surface area (Å²) in [6, 6.07) is 5.77. The lowest BCUT2D eigenvalue weighted by Crippen LogP contribution is -2.54. The second kappa shape index (κ2) is 7.81. The molecule has 7 heteroatoms. The highest BCUT2D eigenvalue weighted by molar-refractivity contribution is 5.78. The van der Waals surface area contributed by atoms with E-state index in [1.165, 1.54) is 0 Å². The minimum absolute atomic E-state index is 0.0955. The average Bonchev–Trinajstić information content (AvgIpc) is 2.61. The molecule has 134 valence electrons. The van der Waals surface area contributed by atoms with Crippen LogP contribution in [0.3, 0.4) is 0 Å². The molecule has 1 amide bonds. The number of aromatic nitrogens is 1. The van der Waals surface area contributed by atoms with Gasteiger partial charge in [0, 0.05) is 45.5 Å². The molecule has 0 aliphatic carbocycles. The summed E-state index contributed by atoms with van der Waals surface area (Å²) in [5.74, 6) is 0.915. The molecule has 0 N–H and O–H groups in total. The predicted octanol–water partition coefficient (Wildman–Crippen LogP) is 0.711. The van der Waals surface area contributed by atoms with Crippen LogP contribution in [0, 0.1) is 11.3 Å². The van der Waals surface area contributed by atoms with E-state index in [1.54, 1.807) is 18.3 Å². The van der Waals surface area contributed by atoms with Gasteiger partial charge in [-0.1, -0.05) is 0 Å². The van der Waals surface area contributed by atoms with Crippen molar-refractivity contribution in [1.82, 2.24) is 14.8 Å². The highest BCUT2D eigenvalue weighted by Crippen LogP contribution is 2.18. The molecule has 0 saturated carbocycles. The molecule has 2 atom stereocenters. The Balaban J connectivity index is 1.53. The summed E-state index contributed by atoms with van der Waals surface area (Å²) >= 11 is 0. The van der Waals surface area contributed by atoms with Crippen LogP contribution in [-0.4, -0.2) is 78.7 Å². The number of amides is 1. The Labute approximate surface area is 148 Å². The van der Waals surface area contributed by atoms with Gasteiger partial charge >= 0.3 is 0 Å². The molecule has 0 radical (unpaired) electrons. The van der Waals surface area contributed by atoms with Gasteiger partial charge in [0.15, 0.2) is 0 Å². The van der Waals surface area contributed by atoms with E-state index in [0.29, 0.717) is 25.2 Å². The predicted molar refractivity (Wildman–Crippen MR) is 94.2 cm³/mol. The Hall–Kier alpha value is -2.17. The molecular weight excluding hydrogens is 318 g/mol. The van der Waals surface area contributed by atoms with Crippen LogP contribution in [0.15, 0.2) is 18.3 Å². The number of pyridine rings is 1. The fourth-order valence-corrected chi connectivity index (χ4v) is 3.53. The van der Waals surface area contributed by atoms with Crippen LogP contribution in [0.4, 0.5) is 5.82 Å². The summed E-state index contributed by atoms with van der Waals surface area (Å²) < 4.78 is 5.69. The van der Waals surface area contributed by atoms with Crippen LogP contribution in [0.1, 0.15) is 19.4 Å². The van der Waals surface area contributed by atoms with Gasteiger partial charge in [0.05, 0.1) is 24.3 Å². The highest BCUT2D eigenvalue weighted by atomic mass is 16.5. The van der Waals surface area contributed by atoms with Crippen LogP contribution in [0.25, 0.3) is 0 Å². The zero-order valence-electron chi connectivity index (χ0n) is 14.9. The molecule has 2 fully saturated rings. The van der Waals surface area contributed by atoms with Crippen LogP contribution in [0.2, 0.25) is 0 Å². The van der Waals surface area contributed by atoms with E-state index in [9.17, 15) is 10.1 Å². The number of carbonyl (C=O) groups excluding carboxylic acids is 1. The first-order valence-corrected chi connectivity index (χ1v) is 8.82. The van der Waals surface area contributed by atoms with Crippen molar-refractivity contribution in [1.29, 1.82) is 5.26 Å². The Kier molecular flexibility index (Phi) is 5.51. The maximum atomic E-state index is 12.6. The minimum Gasteiger partial charge on any atom is -0.372 e. The first-order valence-electron chi connectivity index (χ1n) is 8.82. The number of anilines is 1. The molecule has 1 aromatic rings. The van der Waals surface area contributed by atoms with Crippen LogP contribution in [0.5, 0.6) is 0 Å². The molecule has 0 bridgehead atoms. The number of piperazine rings is 1. The summed E-state index contributed by atoms with van der Waals surface area (Å²) in [7, 11) is 0. The third-order valence-corrected chi connectivity index (χ3v) is 4.71. The molecule has 0 aromatic carbocycles. The maximum Gasteiger partial charge on any atom is 0.236 e. The standard InChI is InChI=1S/C18H25N5O2/c1-14-11-23(12-15(2)25-14)17(24)13-21-6-8-22(9-7-21)18-16(10-19)4-3-5-20-18/h3-5,14-15H,6-9,11-13H2,1-2H3. The third-order valence-electron chi connectivity index (χ3n) is 4.71. The van der Waals surface area contributed by atoms with Gasteiger partial charge in [-0.3, -0.25) is 9.69 Å². The molecule has 7 nitrogen and oxygen atoms in total. The molecule has 0 spiro atoms. The van der Waals surface area contributed by atoms with Gasteiger partial charge in [0.2, 0.25) is 5.91 Å². The average molecular weight is 343 g/mol. The second-order valence-corrected chi connectivity index (χ2v) is 6.81.